The first kappa shape index (κ1) is 11.8. The first-order valence-electron chi connectivity index (χ1n) is 6.54. The van der Waals surface area contributed by atoms with Gasteiger partial charge in [-0.05, 0) is 43.2 Å². The Hall–Kier alpha value is -1.29. The normalized spacial score (nSPS) is 15.1. The maximum Gasteiger partial charge on any atom is 0.226 e. The molecule has 0 saturated heterocycles. The fourth-order valence-corrected chi connectivity index (χ4v) is 3.90. The van der Waals surface area contributed by atoms with E-state index in [2.05, 4.69) is 25.1 Å². The van der Waals surface area contributed by atoms with Crippen LogP contribution in [0.3, 0.4) is 0 Å². The quantitative estimate of drug-likeness (QED) is 0.890. The molecular formula is C14H18N2OS. The van der Waals surface area contributed by atoms with Gasteiger partial charge in [-0.15, -0.1) is 11.3 Å². The number of nitrogens with two attached hydrogens (primary N) is 1. The van der Waals surface area contributed by atoms with Crippen molar-refractivity contribution in [2.45, 2.75) is 45.4 Å². The van der Waals surface area contributed by atoms with Gasteiger partial charge in [0.05, 0.1) is 4.88 Å². The number of thiophene rings is 1. The number of anilines is 1. The zero-order chi connectivity index (χ0) is 12.7. The van der Waals surface area contributed by atoms with E-state index >= 15 is 0 Å². The summed E-state index contributed by atoms with van der Waals surface area (Å²) in [5, 5.41) is 4.16. The molecule has 0 bridgehead atoms. The van der Waals surface area contributed by atoms with Gasteiger partial charge in [0.2, 0.25) is 5.88 Å². The molecule has 4 heteroatoms. The molecule has 0 spiro atoms. The van der Waals surface area contributed by atoms with Gasteiger partial charge in [0.25, 0.3) is 0 Å². The van der Waals surface area contributed by atoms with Crippen LogP contribution in [0.5, 0.6) is 0 Å². The number of nitrogens with zero attached hydrogens (tertiary/aromatic N) is 1. The molecule has 0 aromatic carbocycles. The van der Waals surface area contributed by atoms with E-state index in [4.69, 9.17) is 10.3 Å². The molecule has 0 unspecified atom stereocenters. The van der Waals surface area contributed by atoms with Crippen molar-refractivity contribution in [1.29, 1.82) is 0 Å². The van der Waals surface area contributed by atoms with Crippen LogP contribution >= 0.6 is 11.3 Å². The Bertz CT molecular complexity index is 545. The van der Waals surface area contributed by atoms with Crippen LogP contribution in [0.2, 0.25) is 0 Å². The third-order valence-corrected chi connectivity index (χ3v) is 4.81. The molecule has 0 amide bonds. The van der Waals surface area contributed by atoms with Crippen LogP contribution in [0.25, 0.3) is 10.6 Å². The van der Waals surface area contributed by atoms with Gasteiger partial charge in [0.15, 0.2) is 0 Å². The molecule has 1 aliphatic rings. The van der Waals surface area contributed by atoms with E-state index in [1.165, 1.54) is 41.0 Å². The van der Waals surface area contributed by atoms with E-state index in [1.54, 1.807) is 0 Å². The van der Waals surface area contributed by atoms with Gasteiger partial charge in [-0.25, -0.2) is 0 Å². The monoisotopic (exact) mass is 262 g/mol. The van der Waals surface area contributed by atoms with Crippen molar-refractivity contribution in [2.24, 2.45) is 0 Å². The first-order valence-corrected chi connectivity index (χ1v) is 7.35. The molecule has 3 rings (SSSR count). The van der Waals surface area contributed by atoms with Crippen molar-refractivity contribution in [3.05, 3.63) is 22.1 Å². The Morgan fingerprint density at radius 2 is 2.11 bits per heavy atom. The van der Waals surface area contributed by atoms with Crippen LogP contribution in [0.4, 0.5) is 5.88 Å². The minimum absolute atomic E-state index is 0.338. The van der Waals surface area contributed by atoms with Crippen molar-refractivity contribution in [2.75, 3.05) is 5.73 Å². The number of nitrogen functional groups attached to an aromatic ring is 1. The first-order chi connectivity index (χ1) is 8.66. The maximum absolute atomic E-state index is 5.88. The number of hydrogen-bond acceptors (Lipinski definition) is 4. The summed E-state index contributed by atoms with van der Waals surface area (Å²) < 4.78 is 5.18. The number of aromatic nitrogens is 1. The molecule has 0 fully saturated rings. The lowest BCUT2D eigenvalue weighted by atomic mass is 9.98. The summed E-state index contributed by atoms with van der Waals surface area (Å²) in [6.45, 7) is 4.25. The van der Waals surface area contributed by atoms with E-state index in [0.717, 1.165) is 11.3 Å². The summed E-state index contributed by atoms with van der Waals surface area (Å²) in [6, 6.07) is 2.28. The highest BCUT2D eigenvalue weighted by atomic mass is 32.1. The molecule has 0 atom stereocenters. The molecule has 2 aromatic heterocycles. The molecule has 0 radical (unpaired) electrons. The van der Waals surface area contributed by atoms with Gasteiger partial charge in [-0.3, -0.25) is 0 Å². The van der Waals surface area contributed by atoms with Crippen LogP contribution in [0, 0.1) is 0 Å². The summed E-state index contributed by atoms with van der Waals surface area (Å²) in [5.74, 6) is 0.803. The standard InChI is InChI=1S/C14H18N2OS/c1-8(2)12-13(16-17-14(12)15)11-7-9-5-3-4-6-10(9)18-11/h7-8H,3-6,15H2,1-2H3. The molecule has 2 heterocycles. The van der Waals surface area contributed by atoms with Crippen LogP contribution in [-0.2, 0) is 12.8 Å². The molecule has 2 aromatic rings. The third kappa shape index (κ3) is 1.85. The Morgan fingerprint density at radius 1 is 1.33 bits per heavy atom. The van der Waals surface area contributed by atoms with Crippen LogP contribution in [0.15, 0.2) is 10.6 Å². The Balaban J connectivity index is 2.07. The molecule has 96 valence electrons. The summed E-state index contributed by atoms with van der Waals surface area (Å²) in [6.07, 6.45) is 5.03. The summed E-state index contributed by atoms with van der Waals surface area (Å²) in [4.78, 5) is 2.73. The molecule has 0 aliphatic heterocycles. The van der Waals surface area contributed by atoms with Crippen molar-refractivity contribution in [3.63, 3.8) is 0 Å². The highest BCUT2D eigenvalue weighted by Gasteiger charge is 2.22. The molecule has 1 aliphatic carbocycles. The second kappa shape index (κ2) is 4.43. The topological polar surface area (TPSA) is 52.0 Å². The number of rotatable bonds is 2. The van der Waals surface area contributed by atoms with Crippen molar-refractivity contribution >= 4 is 17.2 Å². The fraction of sp³-hybridized carbons (Fsp3) is 0.500. The molecule has 0 saturated carbocycles. The summed E-state index contributed by atoms with van der Waals surface area (Å²) >= 11 is 1.86. The molecular weight excluding hydrogens is 244 g/mol. The molecule has 3 nitrogen and oxygen atoms in total. The van der Waals surface area contributed by atoms with Gasteiger partial charge in [0.1, 0.15) is 5.69 Å². The number of aryl methyl sites for hydroxylation is 2. The number of fused-ring (bicyclic) bond motifs is 1. The highest BCUT2D eigenvalue weighted by molar-refractivity contribution is 7.15. The second-order valence-corrected chi connectivity index (χ2v) is 6.37. The lowest BCUT2D eigenvalue weighted by Gasteiger charge is -2.08. The Morgan fingerprint density at radius 3 is 2.83 bits per heavy atom. The fourth-order valence-electron chi connectivity index (χ4n) is 2.65. The van der Waals surface area contributed by atoms with Gasteiger partial charge in [-0.1, -0.05) is 19.0 Å². The zero-order valence-electron chi connectivity index (χ0n) is 10.8. The van der Waals surface area contributed by atoms with Gasteiger partial charge >= 0.3 is 0 Å². The maximum atomic E-state index is 5.88. The van der Waals surface area contributed by atoms with E-state index < -0.39 is 0 Å². The van der Waals surface area contributed by atoms with Crippen LogP contribution in [-0.4, -0.2) is 5.16 Å². The number of hydrogen-bond donors (Lipinski definition) is 1. The van der Waals surface area contributed by atoms with E-state index in [9.17, 15) is 0 Å². The largest absolute Gasteiger partial charge is 0.367 e. The predicted octanol–water partition coefficient (Wildman–Crippen LogP) is 3.99. The van der Waals surface area contributed by atoms with E-state index in [-0.39, 0.29) is 0 Å². The van der Waals surface area contributed by atoms with Gasteiger partial charge in [-0.2, -0.15) is 0 Å². The average Bonchev–Trinajstić information content (AvgIpc) is 2.91. The summed E-state index contributed by atoms with van der Waals surface area (Å²) in [7, 11) is 0. The highest BCUT2D eigenvalue weighted by Crippen LogP contribution is 2.40. The molecule has 2 N–H and O–H groups in total. The van der Waals surface area contributed by atoms with Crippen LogP contribution < -0.4 is 5.73 Å². The van der Waals surface area contributed by atoms with Crippen molar-refractivity contribution in [1.82, 2.24) is 5.16 Å². The predicted molar refractivity (Wildman–Crippen MR) is 75.0 cm³/mol. The minimum atomic E-state index is 0.338. The van der Waals surface area contributed by atoms with E-state index in [1.807, 2.05) is 11.3 Å². The van der Waals surface area contributed by atoms with Crippen molar-refractivity contribution < 1.29 is 4.52 Å². The lowest BCUT2D eigenvalue weighted by Crippen LogP contribution is -1.96. The SMILES string of the molecule is CC(C)c1c(-c2cc3c(s2)CCCC3)noc1N. The van der Waals surface area contributed by atoms with Crippen molar-refractivity contribution in [3.8, 4) is 10.6 Å². The van der Waals surface area contributed by atoms with Crippen LogP contribution in [0.1, 0.15) is 48.6 Å². The summed E-state index contributed by atoms with van der Waals surface area (Å²) in [5.41, 5.74) is 9.37. The Labute approximate surface area is 111 Å². The minimum Gasteiger partial charge on any atom is -0.367 e. The third-order valence-electron chi connectivity index (χ3n) is 3.56. The second-order valence-electron chi connectivity index (χ2n) is 5.23. The average molecular weight is 262 g/mol. The Kier molecular flexibility index (Phi) is 2.90. The van der Waals surface area contributed by atoms with Gasteiger partial charge < -0.3 is 10.3 Å². The molecule has 18 heavy (non-hydrogen) atoms. The van der Waals surface area contributed by atoms with E-state index in [0.29, 0.717) is 11.8 Å². The smallest absolute Gasteiger partial charge is 0.226 e. The zero-order valence-corrected chi connectivity index (χ0v) is 11.6. The lowest BCUT2D eigenvalue weighted by molar-refractivity contribution is 0.438. The van der Waals surface area contributed by atoms with Gasteiger partial charge in [0, 0.05) is 10.4 Å².